The summed E-state index contributed by atoms with van der Waals surface area (Å²) in [5.41, 5.74) is 2.64. The Labute approximate surface area is 295 Å². The summed E-state index contributed by atoms with van der Waals surface area (Å²) in [6.07, 6.45) is 8.05. The van der Waals surface area contributed by atoms with Crippen molar-refractivity contribution in [2.24, 2.45) is 0 Å². The molecule has 1 amide bonds. The molecule has 5 aromatic rings. The maximum Gasteiger partial charge on any atom is 0.319 e. The van der Waals surface area contributed by atoms with Crippen molar-refractivity contribution in [3.8, 4) is 23.2 Å². The fourth-order valence-electron chi connectivity index (χ4n) is 7.25. The molecular formula is C39H38F2N8O2. The Hall–Kier alpha value is -5.54. The molecule has 0 aliphatic carbocycles. The monoisotopic (exact) mass is 688 g/mol. The summed E-state index contributed by atoms with van der Waals surface area (Å²) in [7, 11) is 2.05. The van der Waals surface area contributed by atoms with E-state index in [1.54, 1.807) is 6.07 Å². The fraction of sp³-hybridized carbons (Fsp3) is 0.333. The van der Waals surface area contributed by atoms with E-state index in [2.05, 4.69) is 46.0 Å². The minimum Gasteiger partial charge on any atom is -0.462 e. The molecule has 2 saturated heterocycles. The van der Waals surface area contributed by atoms with Crippen molar-refractivity contribution in [2.45, 2.75) is 44.7 Å². The molecule has 2 aliphatic heterocycles. The second-order valence-electron chi connectivity index (χ2n) is 13.0. The van der Waals surface area contributed by atoms with Crippen molar-refractivity contribution in [2.75, 3.05) is 44.7 Å². The number of hydrogen-bond donors (Lipinski definition) is 0. The SMILES string of the molecule is CCc1cccc2cccc(-c3ccc4c(N5CCN(C(=O)/C(F)=C/c6cnccn6)C(CC#N)C5)nc(OCC5CCCN5C)nc4c3F)c12. The van der Waals surface area contributed by atoms with E-state index in [-0.39, 0.29) is 49.3 Å². The molecule has 0 radical (unpaired) electrons. The van der Waals surface area contributed by atoms with Gasteiger partial charge in [-0.1, -0.05) is 49.4 Å². The molecule has 3 aromatic carbocycles. The lowest BCUT2D eigenvalue weighted by molar-refractivity contribution is -0.131. The van der Waals surface area contributed by atoms with E-state index >= 15 is 8.78 Å². The zero-order chi connectivity index (χ0) is 35.5. The van der Waals surface area contributed by atoms with Crippen LogP contribution in [-0.2, 0) is 11.2 Å². The Kier molecular flexibility index (Phi) is 9.81. The smallest absolute Gasteiger partial charge is 0.319 e. The Morgan fingerprint density at radius 1 is 1.06 bits per heavy atom. The highest BCUT2D eigenvalue weighted by Crippen LogP contribution is 2.38. The first-order valence-electron chi connectivity index (χ1n) is 17.3. The van der Waals surface area contributed by atoms with Gasteiger partial charge in [0.2, 0.25) is 0 Å². The number of likely N-dealkylation sites (N-methyl/N-ethyl adjacent to an activating group) is 1. The maximum atomic E-state index is 17.0. The summed E-state index contributed by atoms with van der Waals surface area (Å²) < 4.78 is 38.3. The van der Waals surface area contributed by atoms with Gasteiger partial charge in [0.05, 0.1) is 30.4 Å². The highest BCUT2D eigenvalue weighted by molar-refractivity contribution is 6.02. The van der Waals surface area contributed by atoms with Crippen LogP contribution in [0.1, 0.15) is 37.4 Å². The number of nitriles is 1. The lowest BCUT2D eigenvalue weighted by Crippen LogP contribution is -2.55. The third kappa shape index (κ3) is 6.81. The average Bonchev–Trinajstić information content (AvgIpc) is 3.57. The number of aryl methyl sites for hydroxylation is 1. The number of fused-ring (bicyclic) bond motifs is 2. The molecule has 51 heavy (non-hydrogen) atoms. The Balaban J connectivity index is 1.27. The Bertz CT molecular complexity index is 2150. The van der Waals surface area contributed by atoms with E-state index in [9.17, 15) is 10.1 Å². The predicted octanol–water partition coefficient (Wildman–Crippen LogP) is 6.36. The number of ether oxygens (including phenoxy) is 1. The topological polar surface area (TPSA) is 111 Å². The van der Waals surface area contributed by atoms with Crippen molar-refractivity contribution in [1.82, 2.24) is 29.7 Å². The third-order valence-electron chi connectivity index (χ3n) is 9.94. The van der Waals surface area contributed by atoms with Gasteiger partial charge in [-0.15, -0.1) is 0 Å². The lowest BCUT2D eigenvalue weighted by atomic mass is 9.93. The number of hydrogen-bond acceptors (Lipinski definition) is 9. The molecule has 4 heterocycles. The number of anilines is 1. The molecule has 0 bridgehead atoms. The van der Waals surface area contributed by atoms with Gasteiger partial charge in [-0.25, -0.2) is 8.78 Å². The maximum absolute atomic E-state index is 17.0. The van der Waals surface area contributed by atoms with Crippen molar-refractivity contribution in [1.29, 1.82) is 5.26 Å². The molecule has 2 unspecified atom stereocenters. The Morgan fingerprint density at radius 2 is 1.90 bits per heavy atom. The van der Waals surface area contributed by atoms with E-state index in [0.29, 0.717) is 23.4 Å². The number of rotatable bonds is 9. The molecule has 12 heteroatoms. The summed E-state index contributed by atoms with van der Waals surface area (Å²) in [4.78, 5) is 36.2. The minimum atomic E-state index is -0.999. The summed E-state index contributed by atoms with van der Waals surface area (Å²) in [6.45, 7) is 3.94. The average molecular weight is 689 g/mol. The van der Waals surface area contributed by atoms with Crippen LogP contribution in [0, 0.1) is 17.1 Å². The third-order valence-corrected chi connectivity index (χ3v) is 9.94. The van der Waals surface area contributed by atoms with E-state index in [1.807, 2.05) is 41.3 Å². The molecule has 2 aliphatic rings. The van der Waals surface area contributed by atoms with Crippen LogP contribution in [-0.4, -0.2) is 87.6 Å². The van der Waals surface area contributed by atoms with Crippen LogP contribution in [0.3, 0.4) is 0 Å². The molecule has 2 aromatic heterocycles. The second-order valence-corrected chi connectivity index (χ2v) is 13.0. The van der Waals surface area contributed by atoms with Crippen molar-refractivity contribution >= 4 is 39.5 Å². The van der Waals surface area contributed by atoms with Crippen LogP contribution < -0.4 is 9.64 Å². The molecule has 2 fully saturated rings. The van der Waals surface area contributed by atoms with E-state index in [4.69, 9.17) is 9.72 Å². The highest BCUT2D eigenvalue weighted by atomic mass is 19.1. The van der Waals surface area contributed by atoms with Crippen LogP contribution in [0.4, 0.5) is 14.6 Å². The number of nitrogens with zero attached hydrogens (tertiary/aromatic N) is 8. The first-order chi connectivity index (χ1) is 24.9. The normalized spacial score (nSPS) is 18.4. The first-order valence-corrected chi connectivity index (χ1v) is 17.3. The van der Waals surface area contributed by atoms with Gasteiger partial charge in [-0.3, -0.25) is 14.8 Å². The van der Waals surface area contributed by atoms with Gasteiger partial charge in [0, 0.05) is 55.1 Å². The second kappa shape index (κ2) is 14.7. The highest BCUT2D eigenvalue weighted by Gasteiger charge is 2.34. The number of carbonyl (C=O) groups excluding carboxylic acids is 1. The molecule has 0 saturated carbocycles. The number of amides is 1. The molecule has 0 spiro atoms. The number of piperazine rings is 1. The molecule has 2 atom stereocenters. The van der Waals surface area contributed by atoms with Gasteiger partial charge in [0.1, 0.15) is 17.9 Å². The van der Waals surface area contributed by atoms with Gasteiger partial charge >= 0.3 is 6.01 Å². The summed E-state index contributed by atoms with van der Waals surface area (Å²) >= 11 is 0. The Morgan fingerprint density at radius 3 is 2.65 bits per heavy atom. The standard InChI is InChI=1S/C39H38F2N8O2/c1-3-25-7-4-8-26-9-5-11-30(34(25)26)31-12-13-32-36(35(31)41)45-39(51-24-29-10-6-18-47(29)2)46-37(32)48-19-20-49(28(23-48)14-15-42)38(50)33(40)21-27-22-43-16-17-44-27/h4-5,7-9,11-13,16-17,21-22,28-29H,3,6,10,14,18-20,23-24H2,1-2H3/b33-21-. The van der Waals surface area contributed by atoms with Gasteiger partial charge in [-0.05, 0) is 60.8 Å². The number of carbonyl (C=O) groups is 1. The van der Waals surface area contributed by atoms with Crippen LogP contribution in [0.2, 0.25) is 0 Å². The number of halogens is 2. The van der Waals surface area contributed by atoms with Crippen molar-refractivity contribution < 1.29 is 18.3 Å². The molecule has 0 N–H and O–H groups in total. The van der Waals surface area contributed by atoms with Crippen LogP contribution >= 0.6 is 0 Å². The van der Waals surface area contributed by atoms with Gasteiger partial charge in [0.15, 0.2) is 11.6 Å². The largest absolute Gasteiger partial charge is 0.462 e. The predicted molar refractivity (Wildman–Crippen MR) is 192 cm³/mol. The zero-order valence-electron chi connectivity index (χ0n) is 28.6. The van der Waals surface area contributed by atoms with E-state index in [1.165, 1.54) is 23.5 Å². The summed E-state index contributed by atoms with van der Waals surface area (Å²) in [5.74, 6) is -1.90. The quantitative estimate of drug-likeness (QED) is 0.164. The van der Waals surface area contributed by atoms with Crippen LogP contribution in [0.25, 0.3) is 38.9 Å². The lowest BCUT2D eigenvalue weighted by Gasteiger charge is -2.41. The van der Waals surface area contributed by atoms with Gasteiger partial charge < -0.3 is 19.4 Å². The molecule has 7 rings (SSSR count). The number of benzene rings is 3. The van der Waals surface area contributed by atoms with Gasteiger partial charge in [0.25, 0.3) is 5.91 Å². The van der Waals surface area contributed by atoms with Crippen molar-refractivity contribution in [3.05, 3.63) is 90.0 Å². The van der Waals surface area contributed by atoms with Gasteiger partial charge in [-0.2, -0.15) is 15.2 Å². The summed E-state index contributed by atoms with van der Waals surface area (Å²) in [5, 5.41) is 12.2. The fourth-order valence-corrected chi connectivity index (χ4v) is 7.25. The minimum absolute atomic E-state index is 0.0413. The van der Waals surface area contributed by atoms with Crippen LogP contribution in [0.15, 0.2) is 72.9 Å². The van der Waals surface area contributed by atoms with E-state index < -0.39 is 23.6 Å². The van der Waals surface area contributed by atoms with E-state index in [0.717, 1.165) is 53.8 Å². The zero-order valence-corrected chi connectivity index (χ0v) is 28.6. The number of likely N-dealkylation sites (tertiary alicyclic amines) is 1. The molecule has 260 valence electrons. The molecular weight excluding hydrogens is 650 g/mol. The number of aromatic nitrogens is 4. The summed E-state index contributed by atoms with van der Waals surface area (Å²) in [6, 6.07) is 17.3. The van der Waals surface area contributed by atoms with Crippen molar-refractivity contribution in [3.63, 3.8) is 0 Å². The van der Waals surface area contributed by atoms with Crippen LogP contribution in [0.5, 0.6) is 6.01 Å². The molecule has 10 nitrogen and oxygen atoms in total. The first kappa shape index (κ1) is 33.9.